The van der Waals surface area contributed by atoms with Crippen LogP contribution in [-0.2, 0) is 0 Å². The summed E-state index contributed by atoms with van der Waals surface area (Å²) in [6, 6.07) is 4.07. The largest absolute Gasteiger partial charge is 0.494 e. The van der Waals surface area contributed by atoms with Gasteiger partial charge in [0.05, 0.1) is 24.7 Å². The van der Waals surface area contributed by atoms with Crippen LogP contribution in [0.25, 0.3) is 0 Å². The fraction of sp³-hybridized carbons (Fsp3) is 0.375. The first kappa shape index (κ1) is 15.1. The molecule has 0 amide bonds. The van der Waals surface area contributed by atoms with E-state index in [2.05, 4.69) is 30.9 Å². The number of benzene rings is 1. The Morgan fingerprint density at radius 1 is 1.29 bits per heavy atom. The van der Waals surface area contributed by atoms with Gasteiger partial charge in [0.1, 0.15) is 5.75 Å². The van der Waals surface area contributed by atoms with Crippen LogP contribution in [0, 0.1) is 20.8 Å². The Hall–Kier alpha value is -2.30. The van der Waals surface area contributed by atoms with Crippen molar-refractivity contribution in [3.8, 4) is 5.75 Å². The molecule has 0 radical (unpaired) electrons. The number of nitrogens with two attached hydrogens (primary N) is 1. The Bertz CT molecular complexity index is 635. The van der Waals surface area contributed by atoms with Crippen LogP contribution in [0.2, 0.25) is 0 Å². The summed E-state index contributed by atoms with van der Waals surface area (Å²) in [5.74, 6) is 1.30. The average molecular weight is 286 g/mol. The zero-order valence-corrected chi connectivity index (χ0v) is 13.1. The molecule has 1 aromatic heterocycles. The molecule has 0 atom stereocenters. The predicted octanol–water partition coefficient (Wildman–Crippen LogP) is 3.06. The van der Waals surface area contributed by atoms with E-state index in [1.54, 1.807) is 10.9 Å². The molecular formula is C16H22N4O. The van der Waals surface area contributed by atoms with Gasteiger partial charge in [0.2, 0.25) is 5.95 Å². The molecule has 0 aliphatic carbocycles. The highest BCUT2D eigenvalue weighted by Crippen LogP contribution is 2.21. The number of ether oxygens (including phenoxy) is 1. The summed E-state index contributed by atoms with van der Waals surface area (Å²) in [6.07, 6.45) is 4.61. The summed E-state index contributed by atoms with van der Waals surface area (Å²) in [5.41, 5.74) is 9.95. The van der Waals surface area contributed by atoms with E-state index >= 15 is 0 Å². The van der Waals surface area contributed by atoms with Crippen molar-refractivity contribution in [1.82, 2.24) is 9.66 Å². The Morgan fingerprint density at radius 2 is 1.95 bits per heavy atom. The number of hydrogen-bond acceptors (Lipinski definition) is 4. The van der Waals surface area contributed by atoms with Crippen molar-refractivity contribution in [2.75, 3.05) is 12.3 Å². The van der Waals surface area contributed by atoms with Gasteiger partial charge in [-0.05, 0) is 50.5 Å². The third-order valence-corrected chi connectivity index (χ3v) is 3.19. The van der Waals surface area contributed by atoms with Gasteiger partial charge in [-0.2, -0.15) is 5.10 Å². The third-order valence-electron chi connectivity index (χ3n) is 3.19. The quantitative estimate of drug-likeness (QED) is 0.859. The molecule has 1 aromatic carbocycles. The lowest BCUT2D eigenvalue weighted by Gasteiger charge is -2.10. The highest BCUT2D eigenvalue weighted by Gasteiger charge is 2.05. The van der Waals surface area contributed by atoms with Crippen LogP contribution < -0.4 is 10.5 Å². The molecule has 0 spiro atoms. The van der Waals surface area contributed by atoms with Gasteiger partial charge in [-0.1, -0.05) is 6.92 Å². The van der Waals surface area contributed by atoms with E-state index in [9.17, 15) is 0 Å². The molecule has 0 aliphatic rings. The second kappa shape index (κ2) is 6.43. The minimum Gasteiger partial charge on any atom is -0.494 e. The smallest absolute Gasteiger partial charge is 0.221 e. The van der Waals surface area contributed by atoms with Gasteiger partial charge in [0.25, 0.3) is 0 Å². The average Bonchev–Trinajstić information content (AvgIpc) is 2.74. The Kier molecular flexibility index (Phi) is 4.62. The van der Waals surface area contributed by atoms with Crippen molar-refractivity contribution in [2.24, 2.45) is 5.10 Å². The van der Waals surface area contributed by atoms with Gasteiger partial charge in [-0.3, -0.25) is 0 Å². The SMILES string of the molecule is CCCOc1cc(C)c(C=Nn2cc(C)nc2N)c(C)c1. The molecule has 0 unspecified atom stereocenters. The third kappa shape index (κ3) is 3.62. The standard InChI is InChI=1S/C16H22N4O/c1-5-6-21-14-7-11(2)15(12(3)8-14)9-18-20-10-13(4)19-16(20)17/h7-10H,5-6H2,1-4H3,(H2,17,19). The molecule has 1 heterocycles. The van der Waals surface area contributed by atoms with Crippen LogP contribution in [0.4, 0.5) is 5.95 Å². The van der Waals surface area contributed by atoms with Crippen molar-refractivity contribution in [2.45, 2.75) is 34.1 Å². The number of aryl methyl sites for hydroxylation is 3. The molecule has 21 heavy (non-hydrogen) atoms. The molecular weight excluding hydrogens is 264 g/mol. The van der Waals surface area contributed by atoms with Gasteiger partial charge in [0.15, 0.2) is 0 Å². The summed E-state index contributed by atoms with van der Waals surface area (Å²) in [6.45, 7) is 8.82. The van der Waals surface area contributed by atoms with Crippen LogP contribution >= 0.6 is 0 Å². The van der Waals surface area contributed by atoms with E-state index in [0.29, 0.717) is 5.95 Å². The van der Waals surface area contributed by atoms with Crippen molar-refractivity contribution in [1.29, 1.82) is 0 Å². The number of hydrogen-bond donors (Lipinski definition) is 1. The summed E-state index contributed by atoms with van der Waals surface area (Å²) >= 11 is 0. The van der Waals surface area contributed by atoms with Gasteiger partial charge < -0.3 is 10.5 Å². The van der Waals surface area contributed by atoms with Crippen molar-refractivity contribution >= 4 is 12.2 Å². The lowest BCUT2D eigenvalue weighted by Crippen LogP contribution is -2.01. The normalized spacial score (nSPS) is 11.2. The van der Waals surface area contributed by atoms with Crippen LogP contribution in [0.15, 0.2) is 23.4 Å². The first-order valence-electron chi connectivity index (χ1n) is 7.11. The van der Waals surface area contributed by atoms with E-state index in [0.717, 1.165) is 41.2 Å². The second-order valence-corrected chi connectivity index (χ2v) is 5.15. The van der Waals surface area contributed by atoms with Gasteiger partial charge in [-0.15, -0.1) is 0 Å². The second-order valence-electron chi connectivity index (χ2n) is 5.15. The maximum atomic E-state index is 5.78. The van der Waals surface area contributed by atoms with E-state index in [1.807, 2.05) is 25.3 Å². The Balaban J connectivity index is 2.26. The Morgan fingerprint density at radius 3 is 2.48 bits per heavy atom. The number of anilines is 1. The molecule has 0 fully saturated rings. The minimum atomic E-state index is 0.391. The van der Waals surface area contributed by atoms with E-state index in [1.165, 1.54) is 0 Å². The lowest BCUT2D eigenvalue weighted by atomic mass is 10.0. The maximum absolute atomic E-state index is 5.78. The van der Waals surface area contributed by atoms with Crippen LogP contribution in [0.1, 0.15) is 35.7 Å². The summed E-state index contributed by atoms with van der Waals surface area (Å²) in [7, 11) is 0. The number of aromatic nitrogens is 2. The van der Waals surface area contributed by atoms with E-state index < -0.39 is 0 Å². The molecule has 2 aromatic rings. The van der Waals surface area contributed by atoms with Crippen molar-refractivity contribution in [3.05, 3.63) is 40.7 Å². The van der Waals surface area contributed by atoms with Crippen LogP contribution in [0.5, 0.6) is 5.75 Å². The van der Waals surface area contributed by atoms with E-state index in [-0.39, 0.29) is 0 Å². The van der Waals surface area contributed by atoms with Gasteiger partial charge in [0, 0.05) is 5.56 Å². The number of nitrogen functional groups attached to an aromatic ring is 1. The fourth-order valence-corrected chi connectivity index (χ4v) is 2.16. The number of imidazole rings is 1. The molecule has 0 saturated carbocycles. The molecule has 112 valence electrons. The van der Waals surface area contributed by atoms with Crippen molar-refractivity contribution < 1.29 is 4.74 Å². The topological polar surface area (TPSA) is 65.4 Å². The molecule has 2 N–H and O–H groups in total. The van der Waals surface area contributed by atoms with Crippen LogP contribution in [-0.4, -0.2) is 22.5 Å². The molecule has 5 heteroatoms. The zero-order chi connectivity index (χ0) is 15.4. The van der Waals surface area contributed by atoms with Crippen LogP contribution in [0.3, 0.4) is 0 Å². The number of nitrogens with zero attached hydrogens (tertiary/aromatic N) is 3. The first-order valence-corrected chi connectivity index (χ1v) is 7.11. The molecule has 0 saturated heterocycles. The van der Waals surface area contributed by atoms with Crippen molar-refractivity contribution in [3.63, 3.8) is 0 Å². The molecule has 5 nitrogen and oxygen atoms in total. The highest BCUT2D eigenvalue weighted by atomic mass is 16.5. The van der Waals surface area contributed by atoms with Gasteiger partial charge >= 0.3 is 0 Å². The minimum absolute atomic E-state index is 0.391. The monoisotopic (exact) mass is 286 g/mol. The predicted molar refractivity (Wildman–Crippen MR) is 86.1 cm³/mol. The summed E-state index contributed by atoms with van der Waals surface area (Å²) in [4.78, 5) is 4.12. The first-order chi connectivity index (χ1) is 10.0. The summed E-state index contributed by atoms with van der Waals surface area (Å²) in [5, 5.41) is 4.37. The lowest BCUT2D eigenvalue weighted by molar-refractivity contribution is 0.317. The fourth-order valence-electron chi connectivity index (χ4n) is 2.16. The Labute approximate surface area is 125 Å². The molecule has 0 bridgehead atoms. The maximum Gasteiger partial charge on any atom is 0.221 e. The number of rotatable bonds is 5. The zero-order valence-electron chi connectivity index (χ0n) is 13.1. The van der Waals surface area contributed by atoms with E-state index in [4.69, 9.17) is 10.5 Å². The highest BCUT2D eigenvalue weighted by molar-refractivity contribution is 5.84. The van der Waals surface area contributed by atoms with Gasteiger partial charge in [-0.25, -0.2) is 9.66 Å². The molecule has 0 aliphatic heterocycles. The summed E-state index contributed by atoms with van der Waals surface area (Å²) < 4.78 is 7.26. The molecule has 2 rings (SSSR count).